The number of hydrogen-bond donors (Lipinski definition) is 1. The van der Waals surface area contributed by atoms with Crippen molar-refractivity contribution in [1.82, 2.24) is 9.71 Å². The molecule has 2 bridgehead atoms. The van der Waals surface area contributed by atoms with Crippen LogP contribution in [-0.2, 0) is 44.1 Å². The van der Waals surface area contributed by atoms with E-state index >= 15 is 0 Å². The van der Waals surface area contributed by atoms with Gasteiger partial charge in [-0.3, -0.25) is 19.3 Å². The van der Waals surface area contributed by atoms with Crippen LogP contribution in [0.1, 0.15) is 71.8 Å². The number of benzene rings is 2. The number of amides is 2. The van der Waals surface area contributed by atoms with Gasteiger partial charge in [-0.05, 0) is 116 Å². The third-order valence-electron chi connectivity index (χ3n) is 12.0. The predicted molar refractivity (Wildman–Crippen MR) is 203 cm³/mol. The van der Waals surface area contributed by atoms with Crippen molar-refractivity contribution in [3.8, 4) is 5.75 Å². The van der Waals surface area contributed by atoms with Crippen molar-refractivity contribution in [1.29, 1.82) is 0 Å². The number of allylic oxidation sites excluding steroid dienone is 1. The molecule has 274 valence electrons. The highest BCUT2D eigenvalue weighted by molar-refractivity contribution is 7.92. The Morgan fingerprint density at radius 1 is 1.13 bits per heavy atom. The van der Waals surface area contributed by atoms with Crippen LogP contribution in [0.2, 0.25) is 5.02 Å². The Hall–Kier alpha value is -3.73. The number of nitrogens with zero attached hydrogens (tertiary/aromatic N) is 3. The van der Waals surface area contributed by atoms with E-state index in [1.54, 1.807) is 19.4 Å². The predicted octanol–water partition coefficient (Wildman–Crippen LogP) is 6.90. The Labute approximate surface area is 311 Å². The summed E-state index contributed by atoms with van der Waals surface area (Å²) in [5.41, 5.74) is 5.34. The first-order chi connectivity index (χ1) is 25.1. The monoisotopic (exact) mass is 742 g/mol. The molecule has 1 aromatic heterocycles. The normalized spacial score (nSPS) is 31.9. The Morgan fingerprint density at radius 3 is 2.83 bits per heavy atom. The number of methoxy groups -OCH3 is 1. The van der Waals surface area contributed by atoms with Crippen LogP contribution in [0.3, 0.4) is 0 Å². The molecule has 3 heterocycles. The molecule has 3 aliphatic carbocycles. The highest BCUT2D eigenvalue weighted by atomic mass is 35.5. The first-order valence-corrected chi connectivity index (χ1v) is 20.7. The number of hydrogen-bond acceptors (Lipinski definition) is 7. The summed E-state index contributed by atoms with van der Waals surface area (Å²) in [6.45, 7) is 4.01. The first kappa shape index (κ1) is 35.3. The van der Waals surface area contributed by atoms with Gasteiger partial charge >= 0.3 is 0 Å². The Morgan fingerprint density at radius 2 is 2.02 bits per heavy atom. The van der Waals surface area contributed by atoms with E-state index in [0.29, 0.717) is 49.0 Å². The molecular formula is C41H47ClN4O5S. The lowest BCUT2D eigenvalue weighted by molar-refractivity contribution is -0.122. The summed E-state index contributed by atoms with van der Waals surface area (Å²) in [5.74, 6) is -0.0243. The molecule has 2 amide bonds. The molecule has 7 atom stereocenters. The van der Waals surface area contributed by atoms with Crippen molar-refractivity contribution in [3.63, 3.8) is 0 Å². The number of aromatic nitrogens is 1. The third-order valence-corrected chi connectivity index (χ3v) is 14.3. The average Bonchev–Trinajstić information content (AvgIpc) is 3.49. The molecule has 2 aromatic carbocycles. The molecule has 1 spiro atoms. The number of pyridine rings is 1. The smallest absolute Gasteiger partial charge is 0.286 e. The molecule has 1 saturated carbocycles. The molecule has 3 aromatic rings. The minimum Gasteiger partial charge on any atom is -0.490 e. The van der Waals surface area contributed by atoms with E-state index in [9.17, 15) is 13.8 Å². The number of fused-ring (bicyclic) bond motifs is 5. The molecule has 1 N–H and O–H groups in total. The Balaban J connectivity index is 1.17. The minimum atomic E-state index is -3.48. The van der Waals surface area contributed by atoms with E-state index in [-0.39, 0.29) is 29.1 Å². The second-order valence-electron chi connectivity index (χ2n) is 15.6. The molecule has 11 heteroatoms. The van der Waals surface area contributed by atoms with Crippen molar-refractivity contribution in [2.24, 2.45) is 28.0 Å². The molecule has 2 unspecified atom stereocenters. The Bertz CT molecular complexity index is 2020. The van der Waals surface area contributed by atoms with Gasteiger partial charge in [0.1, 0.15) is 15.7 Å². The lowest BCUT2D eigenvalue weighted by atomic mass is 9.68. The van der Waals surface area contributed by atoms with Crippen LogP contribution >= 0.6 is 11.6 Å². The summed E-state index contributed by atoms with van der Waals surface area (Å²) in [6.07, 6.45) is 12.7. The summed E-state index contributed by atoms with van der Waals surface area (Å²) in [6, 6.07) is 15.5. The van der Waals surface area contributed by atoms with E-state index in [1.807, 2.05) is 37.3 Å². The van der Waals surface area contributed by atoms with E-state index in [1.165, 1.54) is 11.1 Å². The standard InChI is InChI=1S/C41H47ClN4O5S/c1-26-6-3-9-37(50-2)33-13-10-30(33)22-46-24-41(16-4-7-27-19-32(42)12-14-34(27)41)25-51-38-15-11-29(21-36(38)46)39(47)44-52(49,23-26)45-40(48)31-18-28-8-5-17-43-35(28)20-31/h3,5,8-9,11-12,14-15,17,19,21,26,30-31,33,37H,4,6-7,10,13,16,18,20,22-25H2,1-2H3,(H,44,45,47,48,49)/b9-3-/t26-,30-,31?,33+,37-,41-,52?/m0/s1. The molecule has 52 heavy (non-hydrogen) atoms. The van der Waals surface area contributed by atoms with E-state index in [2.05, 4.69) is 43.3 Å². The number of rotatable bonds is 3. The number of halogens is 1. The largest absolute Gasteiger partial charge is 0.490 e. The number of carbonyl (C=O) groups is 2. The van der Waals surface area contributed by atoms with Crippen LogP contribution < -0.4 is 14.4 Å². The van der Waals surface area contributed by atoms with Crippen LogP contribution in [0, 0.1) is 23.7 Å². The zero-order valence-electron chi connectivity index (χ0n) is 29.9. The summed E-state index contributed by atoms with van der Waals surface area (Å²) in [5, 5.41) is 0.744. The highest BCUT2D eigenvalue weighted by Crippen LogP contribution is 2.47. The summed E-state index contributed by atoms with van der Waals surface area (Å²) >= 11 is 6.47. The van der Waals surface area contributed by atoms with Gasteiger partial charge in [0.25, 0.3) is 5.91 Å². The number of ether oxygens (including phenoxy) is 2. The summed E-state index contributed by atoms with van der Waals surface area (Å²) in [7, 11) is -1.71. The van der Waals surface area contributed by atoms with Crippen molar-refractivity contribution in [3.05, 3.63) is 99.9 Å². The van der Waals surface area contributed by atoms with Crippen LogP contribution in [0.15, 0.2) is 71.2 Å². The summed E-state index contributed by atoms with van der Waals surface area (Å²) in [4.78, 5) is 34.6. The quantitative estimate of drug-likeness (QED) is 0.291. The molecule has 9 nitrogen and oxygen atoms in total. The lowest BCUT2D eigenvalue weighted by Crippen LogP contribution is -2.49. The van der Waals surface area contributed by atoms with E-state index in [4.69, 9.17) is 21.1 Å². The van der Waals surface area contributed by atoms with Crippen LogP contribution in [-0.4, -0.2) is 59.7 Å². The number of aryl methyl sites for hydroxylation is 1. The zero-order valence-corrected chi connectivity index (χ0v) is 31.5. The van der Waals surface area contributed by atoms with Crippen LogP contribution in [0.5, 0.6) is 5.75 Å². The van der Waals surface area contributed by atoms with Gasteiger partial charge < -0.3 is 14.4 Å². The van der Waals surface area contributed by atoms with Gasteiger partial charge in [0.05, 0.1) is 24.2 Å². The van der Waals surface area contributed by atoms with Gasteiger partial charge in [-0.25, -0.2) is 4.21 Å². The topological polar surface area (TPSA) is 110 Å². The van der Waals surface area contributed by atoms with Crippen molar-refractivity contribution in [2.75, 3.05) is 37.5 Å². The van der Waals surface area contributed by atoms with Gasteiger partial charge in [0.2, 0.25) is 5.91 Å². The second kappa shape index (κ2) is 14.3. The van der Waals surface area contributed by atoms with Gasteiger partial charge in [-0.15, -0.1) is 4.36 Å². The van der Waals surface area contributed by atoms with Gasteiger partial charge in [-0.1, -0.05) is 42.8 Å². The van der Waals surface area contributed by atoms with Gasteiger partial charge in [0.15, 0.2) is 0 Å². The van der Waals surface area contributed by atoms with Crippen LogP contribution in [0.25, 0.3) is 0 Å². The fourth-order valence-electron chi connectivity index (χ4n) is 9.21. The Kier molecular flexibility index (Phi) is 9.68. The minimum absolute atomic E-state index is 0.0442. The third kappa shape index (κ3) is 6.90. The van der Waals surface area contributed by atoms with Crippen LogP contribution in [0.4, 0.5) is 5.69 Å². The molecule has 8 rings (SSSR count). The van der Waals surface area contributed by atoms with Gasteiger partial charge in [0, 0.05) is 60.4 Å². The fraction of sp³-hybridized carbons (Fsp3) is 0.488. The first-order valence-electron chi connectivity index (χ1n) is 18.7. The number of anilines is 1. The second-order valence-corrected chi connectivity index (χ2v) is 18.1. The average molecular weight is 743 g/mol. The lowest BCUT2D eigenvalue weighted by Gasteiger charge is -2.46. The van der Waals surface area contributed by atoms with Crippen molar-refractivity contribution < 1.29 is 23.3 Å². The van der Waals surface area contributed by atoms with Crippen molar-refractivity contribution >= 4 is 39.0 Å². The SMILES string of the molecule is CO[C@H]1/C=C\C[C@H](C)CS(=O)(NC(=O)C2Cc3cccnc3C2)=NC(=O)c2ccc3c(c2)N(C[C@@H]2CC[C@H]21)C[C@@]1(CCCc2cc(Cl)ccc21)CO3. The molecule has 2 aliphatic heterocycles. The summed E-state index contributed by atoms with van der Waals surface area (Å²) < 4.78 is 34.5. The molecular weight excluding hydrogens is 696 g/mol. The number of carbonyl (C=O) groups excluding carboxylic acids is 2. The number of nitrogens with one attached hydrogen (secondary N) is 1. The molecule has 0 radical (unpaired) electrons. The van der Waals surface area contributed by atoms with E-state index in [0.717, 1.165) is 67.2 Å². The molecule has 1 fully saturated rings. The van der Waals surface area contributed by atoms with Crippen molar-refractivity contribution in [2.45, 2.75) is 69.8 Å². The van der Waals surface area contributed by atoms with E-state index < -0.39 is 21.7 Å². The fourth-order valence-corrected chi connectivity index (χ4v) is 11.4. The van der Waals surface area contributed by atoms with Gasteiger partial charge in [-0.2, -0.15) is 0 Å². The molecule has 0 saturated heterocycles. The maximum absolute atomic E-state index is 14.7. The maximum Gasteiger partial charge on any atom is 0.286 e. The zero-order chi connectivity index (χ0) is 36.0. The highest BCUT2D eigenvalue weighted by Gasteiger charge is 2.44. The molecule has 5 aliphatic rings. The maximum atomic E-state index is 14.7.